The Balaban J connectivity index is 2.06. The third-order valence-corrected chi connectivity index (χ3v) is 4.14. The zero-order valence-electron chi connectivity index (χ0n) is 11.4. The van der Waals surface area contributed by atoms with E-state index in [1.807, 2.05) is 11.7 Å². The van der Waals surface area contributed by atoms with Crippen LogP contribution in [0.1, 0.15) is 30.3 Å². The van der Waals surface area contributed by atoms with Gasteiger partial charge in [-0.05, 0) is 32.7 Å². The van der Waals surface area contributed by atoms with Gasteiger partial charge in [-0.2, -0.15) is 5.10 Å². The zero-order valence-corrected chi connectivity index (χ0v) is 11.4. The number of nitrogens with zero attached hydrogens (tertiary/aromatic N) is 3. The molecule has 2 heterocycles. The summed E-state index contributed by atoms with van der Waals surface area (Å²) >= 11 is 0. The summed E-state index contributed by atoms with van der Waals surface area (Å²) in [7, 11) is 2.01. The quantitative estimate of drug-likeness (QED) is 0.839. The molecule has 17 heavy (non-hydrogen) atoms. The molecule has 1 fully saturated rings. The molecule has 1 aliphatic heterocycles. The van der Waals surface area contributed by atoms with E-state index in [1.54, 1.807) is 0 Å². The summed E-state index contributed by atoms with van der Waals surface area (Å²) in [6.45, 7) is 9.64. The maximum atomic E-state index is 6.14. The molecule has 0 amide bonds. The number of likely N-dealkylation sites (tertiary alicyclic amines) is 1. The van der Waals surface area contributed by atoms with Crippen LogP contribution < -0.4 is 5.73 Å². The molecule has 4 heteroatoms. The topological polar surface area (TPSA) is 47.1 Å². The van der Waals surface area contributed by atoms with Crippen LogP contribution in [0.4, 0.5) is 0 Å². The molecule has 2 rings (SSSR count). The van der Waals surface area contributed by atoms with Gasteiger partial charge in [0.2, 0.25) is 0 Å². The fourth-order valence-electron chi connectivity index (χ4n) is 2.58. The highest BCUT2D eigenvalue weighted by molar-refractivity contribution is 5.24. The molecule has 1 aromatic rings. The molecule has 1 saturated heterocycles. The molecule has 0 saturated carbocycles. The van der Waals surface area contributed by atoms with Gasteiger partial charge in [-0.1, -0.05) is 6.92 Å². The van der Waals surface area contributed by atoms with Crippen molar-refractivity contribution in [1.29, 1.82) is 0 Å². The summed E-state index contributed by atoms with van der Waals surface area (Å²) in [5.41, 5.74) is 9.93. The SMILES string of the molecule is Cc1nn(C)c(C)c1CN1CCC(C)C(N)C1. The Hall–Kier alpha value is -0.870. The highest BCUT2D eigenvalue weighted by atomic mass is 15.3. The Morgan fingerprint density at radius 1 is 1.41 bits per heavy atom. The maximum Gasteiger partial charge on any atom is 0.0641 e. The van der Waals surface area contributed by atoms with Crippen molar-refractivity contribution in [3.8, 4) is 0 Å². The van der Waals surface area contributed by atoms with E-state index < -0.39 is 0 Å². The Kier molecular flexibility index (Phi) is 3.54. The average Bonchev–Trinajstić information content (AvgIpc) is 2.50. The summed E-state index contributed by atoms with van der Waals surface area (Å²) in [6, 6.07) is 0.320. The normalized spacial score (nSPS) is 26.4. The Morgan fingerprint density at radius 2 is 2.12 bits per heavy atom. The van der Waals surface area contributed by atoms with Gasteiger partial charge >= 0.3 is 0 Å². The predicted molar refractivity (Wildman–Crippen MR) is 69.7 cm³/mol. The van der Waals surface area contributed by atoms with Crippen molar-refractivity contribution in [3.63, 3.8) is 0 Å². The molecular weight excluding hydrogens is 212 g/mol. The first-order chi connectivity index (χ1) is 7.99. The molecule has 4 nitrogen and oxygen atoms in total. The van der Waals surface area contributed by atoms with E-state index in [0.29, 0.717) is 12.0 Å². The fourth-order valence-corrected chi connectivity index (χ4v) is 2.58. The third kappa shape index (κ3) is 2.53. The summed E-state index contributed by atoms with van der Waals surface area (Å²) in [4.78, 5) is 2.46. The van der Waals surface area contributed by atoms with Gasteiger partial charge in [-0.15, -0.1) is 0 Å². The van der Waals surface area contributed by atoms with Crippen molar-refractivity contribution in [2.75, 3.05) is 13.1 Å². The van der Waals surface area contributed by atoms with Gasteiger partial charge in [0.15, 0.2) is 0 Å². The van der Waals surface area contributed by atoms with Crippen LogP contribution in [0.25, 0.3) is 0 Å². The number of hydrogen-bond donors (Lipinski definition) is 1. The van der Waals surface area contributed by atoms with Gasteiger partial charge in [0.05, 0.1) is 5.69 Å². The van der Waals surface area contributed by atoms with Gasteiger partial charge in [-0.3, -0.25) is 9.58 Å². The second kappa shape index (κ2) is 4.78. The van der Waals surface area contributed by atoms with Crippen LogP contribution in [0.2, 0.25) is 0 Å². The summed E-state index contributed by atoms with van der Waals surface area (Å²) in [5.74, 6) is 0.655. The first kappa shape index (κ1) is 12.6. The smallest absolute Gasteiger partial charge is 0.0641 e. The first-order valence-corrected chi connectivity index (χ1v) is 6.46. The lowest BCUT2D eigenvalue weighted by Gasteiger charge is -2.35. The van der Waals surface area contributed by atoms with Crippen LogP contribution in [0.5, 0.6) is 0 Å². The third-order valence-electron chi connectivity index (χ3n) is 4.14. The minimum atomic E-state index is 0.320. The van der Waals surface area contributed by atoms with Crippen LogP contribution in [0.15, 0.2) is 0 Å². The van der Waals surface area contributed by atoms with E-state index in [-0.39, 0.29) is 0 Å². The Morgan fingerprint density at radius 3 is 2.65 bits per heavy atom. The predicted octanol–water partition coefficient (Wildman–Crippen LogP) is 1.21. The van der Waals surface area contributed by atoms with Gasteiger partial charge in [0.1, 0.15) is 0 Å². The van der Waals surface area contributed by atoms with Crippen LogP contribution in [0, 0.1) is 19.8 Å². The highest BCUT2D eigenvalue weighted by Crippen LogP contribution is 2.20. The van der Waals surface area contributed by atoms with Crippen LogP contribution in [-0.2, 0) is 13.6 Å². The number of nitrogens with two attached hydrogens (primary N) is 1. The van der Waals surface area contributed by atoms with Crippen molar-refractivity contribution in [3.05, 3.63) is 17.0 Å². The van der Waals surface area contributed by atoms with E-state index in [0.717, 1.165) is 25.3 Å². The second-order valence-corrected chi connectivity index (χ2v) is 5.44. The summed E-state index contributed by atoms with van der Waals surface area (Å²) in [5, 5.41) is 4.47. The monoisotopic (exact) mass is 236 g/mol. The molecule has 1 aromatic heterocycles. The lowest BCUT2D eigenvalue weighted by atomic mass is 9.94. The number of piperidine rings is 1. The zero-order chi connectivity index (χ0) is 12.6. The number of rotatable bonds is 2. The molecule has 0 spiro atoms. The molecule has 96 valence electrons. The van der Waals surface area contributed by atoms with Crippen molar-refractivity contribution < 1.29 is 0 Å². The molecule has 0 radical (unpaired) electrons. The van der Waals surface area contributed by atoms with Crippen LogP contribution in [-0.4, -0.2) is 33.8 Å². The summed E-state index contributed by atoms with van der Waals surface area (Å²) in [6.07, 6.45) is 1.21. The van der Waals surface area contributed by atoms with E-state index in [1.165, 1.54) is 17.7 Å². The van der Waals surface area contributed by atoms with Gasteiger partial charge in [0.25, 0.3) is 0 Å². The Bertz CT molecular complexity index is 396. The van der Waals surface area contributed by atoms with E-state index >= 15 is 0 Å². The van der Waals surface area contributed by atoms with Crippen LogP contribution >= 0.6 is 0 Å². The van der Waals surface area contributed by atoms with Crippen LogP contribution in [0.3, 0.4) is 0 Å². The number of aromatic nitrogens is 2. The molecule has 2 unspecified atom stereocenters. The maximum absolute atomic E-state index is 6.14. The molecule has 2 atom stereocenters. The molecular formula is C13H24N4. The van der Waals surface area contributed by atoms with Crippen molar-refractivity contribution in [2.24, 2.45) is 18.7 Å². The average molecular weight is 236 g/mol. The van der Waals surface area contributed by atoms with Crippen molar-refractivity contribution in [2.45, 2.75) is 39.8 Å². The van der Waals surface area contributed by atoms with Gasteiger partial charge in [0, 0.05) is 37.4 Å². The molecule has 1 aliphatic rings. The fraction of sp³-hybridized carbons (Fsp3) is 0.769. The van der Waals surface area contributed by atoms with Crippen molar-refractivity contribution in [1.82, 2.24) is 14.7 Å². The van der Waals surface area contributed by atoms with E-state index in [9.17, 15) is 0 Å². The van der Waals surface area contributed by atoms with Crippen molar-refractivity contribution >= 4 is 0 Å². The largest absolute Gasteiger partial charge is 0.326 e. The second-order valence-electron chi connectivity index (χ2n) is 5.44. The molecule has 0 aliphatic carbocycles. The number of aryl methyl sites for hydroxylation is 2. The first-order valence-electron chi connectivity index (χ1n) is 6.46. The summed E-state index contributed by atoms with van der Waals surface area (Å²) < 4.78 is 1.97. The lowest BCUT2D eigenvalue weighted by Crippen LogP contribution is -2.47. The molecule has 2 N–H and O–H groups in total. The standard InChI is InChI=1S/C13H24N4/c1-9-5-6-17(8-13(9)14)7-12-10(2)15-16(4)11(12)3/h9,13H,5-8,14H2,1-4H3. The Labute approximate surface area is 104 Å². The number of hydrogen-bond acceptors (Lipinski definition) is 3. The van der Waals surface area contributed by atoms with E-state index in [4.69, 9.17) is 5.73 Å². The molecule has 0 bridgehead atoms. The lowest BCUT2D eigenvalue weighted by molar-refractivity contribution is 0.161. The van der Waals surface area contributed by atoms with Gasteiger partial charge in [-0.25, -0.2) is 0 Å². The van der Waals surface area contributed by atoms with Gasteiger partial charge < -0.3 is 5.73 Å². The minimum absolute atomic E-state index is 0.320. The highest BCUT2D eigenvalue weighted by Gasteiger charge is 2.24. The molecule has 0 aromatic carbocycles. The van der Waals surface area contributed by atoms with E-state index in [2.05, 4.69) is 30.8 Å². The minimum Gasteiger partial charge on any atom is -0.326 e.